The normalized spacial score (nSPS) is 18.5. The highest BCUT2D eigenvalue weighted by Crippen LogP contribution is 2.18. The SMILES string of the molecule is COCc1ccc(CN2CCC(C)CC2)cc1. The number of likely N-dealkylation sites (tertiary alicyclic amines) is 1. The molecule has 1 saturated heterocycles. The molecular formula is C15H23NO. The van der Waals surface area contributed by atoms with E-state index in [4.69, 9.17) is 4.74 Å². The molecule has 0 N–H and O–H groups in total. The minimum Gasteiger partial charge on any atom is -0.380 e. The summed E-state index contributed by atoms with van der Waals surface area (Å²) in [5, 5.41) is 0. The Hall–Kier alpha value is -0.860. The lowest BCUT2D eigenvalue weighted by atomic mass is 9.99. The van der Waals surface area contributed by atoms with Gasteiger partial charge in [0, 0.05) is 13.7 Å². The summed E-state index contributed by atoms with van der Waals surface area (Å²) in [5.41, 5.74) is 2.67. The number of hydrogen-bond acceptors (Lipinski definition) is 2. The predicted octanol–water partition coefficient (Wildman–Crippen LogP) is 3.06. The van der Waals surface area contributed by atoms with Gasteiger partial charge in [0.15, 0.2) is 0 Å². The lowest BCUT2D eigenvalue weighted by Crippen LogP contribution is -2.32. The molecule has 0 atom stereocenters. The maximum absolute atomic E-state index is 5.12. The second kappa shape index (κ2) is 6.18. The first-order chi connectivity index (χ1) is 8.28. The first kappa shape index (κ1) is 12.6. The van der Waals surface area contributed by atoms with E-state index in [0.717, 1.165) is 12.5 Å². The average molecular weight is 233 g/mol. The number of nitrogens with zero attached hydrogens (tertiary/aromatic N) is 1. The fourth-order valence-electron chi connectivity index (χ4n) is 2.39. The first-order valence-corrected chi connectivity index (χ1v) is 6.57. The molecule has 2 rings (SSSR count). The van der Waals surface area contributed by atoms with Crippen LogP contribution in [0.4, 0.5) is 0 Å². The molecule has 0 bridgehead atoms. The van der Waals surface area contributed by atoms with Gasteiger partial charge in [0.1, 0.15) is 0 Å². The Morgan fingerprint density at radius 1 is 1.12 bits per heavy atom. The van der Waals surface area contributed by atoms with Crippen molar-refractivity contribution in [2.75, 3.05) is 20.2 Å². The van der Waals surface area contributed by atoms with Gasteiger partial charge in [0.05, 0.1) is 6.61 Å². The van der Waals surface area contributed by atoms with Gasteiger partial charge in [-0.05, 0) is 43.0 Å². The van der Waals surface area contributed by atoms with Gasteiger partial charge < -0.3 is 4.74 Å². The molecule has 94 valence electrons. The molecule has 1 aliphatic rings. The standard InChI is InChI=1S/C15H23NO/c1-13-7-9-16(10-8-13)11-14-3-5-15(6-4-14)12-17-2/h3-6,13H,7-12H2,1-2H3. The largest absolute Gasteiger partial charge is 0.380 e. The summed E-state index contributed by atoms with van der Waals surface area (Å²) in [6.07, 6.45) is 2.70. The lowest BCUT2D eigenvalue weighted by molar-refractivity contribution is 0.183. The zero-order chi connectivity index (χ0) is 12.1. The number of rotatable bonds is 4. The van der Waals surface area contributed by atoms with Gasteiger partial charge in [0.25, 0.3) is 0 Å². The second-order valence-electron chi connectivity index (χ2n) is 5.21. The number of benzene rings is 1. The van der Waals surface area contributed by atoms with Crippen molar-refractivity contribution in [2.24, 2.45) is 5.92 Å². The summed E-state index contributed by atoms with van der Waals surface area (Å²) in [4.78, 5) is 2.56. The van der Waals surface area contributed by atoms with Crippen LogP contribution >= 0.6 is 0 Å². The highest BCUT2D eigenvalue weighted by Gasteiger charge is 2.15. The number of methoxy groups -OCH3 is 1. The molecule has 1 fully saturated rings. The smallest absolute Gasteiger partial charge is 0.0713 e. The fourth-order valence-corrected chi connectivity index (χ4v) is 2.39. The third kappa shape index (κ3) is 3.83. The van der Waals surface area contributed by atoms with Gasteiger partial charge in [-0.15, -0.1) is 0 Å². The summed E-state index contributed by atoms with van der Waals surface area (Å²) >= 11 is 0. The van der Waals surface area contributed by atoms with Crippen LogP contribution in [-0.4, -0.2) is 25.1 Å². The molecule has 1 aliphatic heterocycles. The Morgan fingerprint density at radius 3 is 2.29 bits per heavy atom. The van der Waals surface area contributed by atoms with Crippen molar-refractivity contribution in [3.63, 3.8) is 0 Å². The van der Waals surface area contributed by atoms with Crippen molar-refractivity contribution in [2.45, 2.75) is 32.9 Å². The van der Waals surface area contributed by atoms with Crippen LogP contribution in [0.2, 0.25) is 0 Å². The molecule has 0 unspecified atom stereocenters. The van der Waals surface area contributed by atoms with E-state index in [1.807, 2.05) is 0 Å². The topological polar surface area (TPSA) is 12.5 Å². The van der Waals surface area contributed by atoms with E-state index in [-0.39, 0.29) is 0 Å². The molecule has 1 heterocycles. The third-order valence-electron chi connectivity index (χ3n) is 3.62. The van der Waals surface area contributed by atoms with E-state index in [1.165, 1.54) is 37.1 Å². The summed E-state index contributed by atoms with van der Waals surface area (Å²) in [6, 6.07) is 8.80. The number of piperidine rings is 1. The molecule has 1 aromatic rings. The Kier molecular flexibility index (Phi) is 4.57. The van der Waals surface area contributed by atoms with E-state index >= 15 is 0 Å². The zero-order valence-electron chi connectivity index (χ0n) is 11.0. The highest BCUT2D eigenvalue weighted by atomic mass is 16.5. The predicted molar refractivity (Wildman–Crippen MR) is 70.8 cm³/mol. The van der Waals surface area contributed by atoms with Gasteiger partial charge in [-0.25, -0.2) is 0 Å². The molecule has 1 aromatic carbocycles. The molecule has 2 nitrogen and oxygen atoms in total. The summed E-state index contributed by atoms with van der Waals surface area (Å²) < 4.78 is 5.12. The van der Waals surface area contributed by atoms with E-state index < -0.39 is 0 Å². The van der Waals surface area contributed by atoms with Gasteiger partial charge in [0.2, 0.25) is 0 Å². The van der Waals surface area contributed by atoms with Crippen LogP contribution in [0.15, 0.2) is 24.3 Å². The van der Waals surface area contributed by atoms with Crippen LogP contribution in [0, 0.1) is 5.92 Å². The molecule has 17 heavy (non-hydrogen) atoms. The van der Waals surface area contributed by atoms with E-state index in [0.29, 0.717) is 6.61 Å². The van der Waals surface area contributed by atoms with Crippen LogP contribution < -0.4 is 0 Å². The van der Waals surface area contributed by atoms with Crippen LogP contribution in [0.1, 0.15) is 30.9 Å². The number of ether oxygens (including phenoxy) is 1. The molecule has 0 saturated carbocycles. The molecule has 0 aliphatic carbocycles. The first-order valence-electron chi connectivity index (χ1n) is 6.57. The molecule has 2 heteroatoms. The van der Waals surface area contributed by atoms with Gasteiger partial charge in [-0.2, -0.15) is 0 Å². The molecule has 0 amide bonds. The third-order valence-corrected chi connectivity index (χ3v) is 3.62. The van der Waals surface area contributed by atoms with Gasteiger partial charge >= 0.3 is 0 Å². The highest BCUT2D eigenvalue weighted by molar-refractivity contribution is 5.22. The minimum atomic E-state index is 0.710. The van der Waals surface area contributed by atoms with E-state index in [2.05, 4.69) is 36.1 Å². The molecule has 0 aromatic heterocycles. The van der Waals surface area contributed by atoms with Crippen molar-refractivity contribution in [1.82, 2.24) is 4.90 Å². The quantitative estimate of drug-likeness (QED) is 0.792. The van der Waals surface area contributed by atoms with Crippen LogP contribution in [0.5, 0.6) is 0 Å². The van der Waals surface area contributed by atoms with Gasteiger partial charge in [-0.3, -0.25) is 4.90 Å². The van der Waals surface area contributed by atoms with Crippen molar-refractivity contribution < 1.29 is 4.74 Å². The molecule has 0 radical (unpaired) electrons. The van der Waals surface area contributed by atoms with Crippen molar-refractivity contribution in [3.8, 4) is 0 Å². The Morgan fingerprint density at radius 2 is 1.71 bits per heavy atom. The summed E-state index contributed by atoms with van der Waals surface area (Å²) in [7, 11) is 1.74. The Balaban J connectivity index is 1.86. The van der Waals surface area contributed by atoms with Crippen molar-refractivity contribution >= 4 is 0 Å². The van der Waals surface area contributed by atoms with Crippen molar-refractivity contribution in [3.05, 3.63) is 35.4 Å². The minimum absolute atomic E-state index is 0.710. The van der Waals surface area contributed by atoms with Crippen LogP contribution in [0.25, 0.3) is 0 Å². The molecular weight excluding hydrogens is 210 g/mol. The Bertz CT molecular complexity index is 325. The molecule has 0 spiro atoms. The number of hydrogen-bond donors (Lipinski definition) is 0. The maximum atomic E-state index is 5.12. The van der Waals surface area contributed by atoms with Crippen LogP contribution in [0.3, 0.4) is 0 Å². The Labute approximate surface area is 105 Å². The van der Waals surface area contributed by atoms with E-state index in [1.54, 1.807) is 7.11 Å². The lowest BCUT2D eigenvalue weighted by Gasteiger charge is -2.30. The van der Waals surface area contributed by atoms with Crippen LogP contribution in [-0.2, 0) is 17.9 Å². The zero-order valence-corrected chi connectivity index (χ0v) is 11.0. The van der Waals surface area contributed by atoms with E-state index in [9.17, 15) is 0 Å². The average Bonchev–Trinajstić information content (AvgIpc) is 2.35. The summed E-state index contributed by atoms with van der Waals surface area (Å²) in [6.45, 7) is 6.67. The fraction of sp³-hybridized carbons (Fsp3) is 0.600. The van der Waals surface area contributed by atoms with Crippen molar-refractivity contribution in [1.29, 1.82) is 0 Å². The second-order valence-corrected chi connectivity index (χ2v) is 5.21. The van der Waals surface area contributed by atoms with Gasteiger partial charge in [-0.1, -0.05) is 31.2 Å². The summed E-state index contributed by atoms with van der Waals surface area (Å²) in [5.74, 6) is 0.912. The monoisotopic (exact) mass is 233 g/mol. The maximum Gasteiger partial charge on any atom is 0.0713 e.